The first-order valence-electron chi connectivity index (χ1n) is 4.85. The normalized spacial score (nSPS) is 9.43. The van der Waals surface area contributed by atoms with Crippen LogP contribution in [-0.4, -0.2) is 12.0 Å². The van der Waals surface area contributed by atoms with Gasteiger partial charge in [-0.25, -0.2) is 4.98 Å². The van der Waals surface area contributed by atoms with Crippen molar-refractivity contribution >= 4 is 26.7 Å². The van der Waals surface area contributed by atoms with Crippen LogP contribution >= 0.6 is 11.3 Å². The molecule has 0 amide bonds. The minimum Gasteiger partial charge on any atom is -0.365 e. The van der Waals surface area contributed by atoms with Gasteiger partial charge in [0, 0.05) is 7.05 Å². The Balaban J connectivity index is 0.000000461. The standard InChI is InChI=1S/C9H10N2S.C2H6/c1-6-4-3-5-7-8(6)11-9(10-2)12-7;1-2/h3-5H,1-2H3,(H,10,11);1-2H3. The second-order valence-electron chi connectivity index (χ2n) is 2.69. The number of para-hydroxylation sites is 1. The lowest BCUT2D eigenvalue weighted by atomic mass is 10.2. The third-order valence-electron chi connectivity index (χ3n) is 1.83. The fraction of sp³-hybridized carbons (Fsp3) is 0.364. The average Bonchev–Trinajstić information content (AvgIpc) is 2.65. The number of aryl methyl sites for hydroxylation is 1. The summed E-state index contributed by atoms with van der Waals surface area (Å²) in [4.78, 5) is 4.44. The predicted octanol–water partition coefficient (Wildman–Crippen LogP) is 3.67. The van der Waals surface area contributed by atoms with Crippen LogP contribution in [0.15, 0.2) is 18.2 Å². The fourth-order valence-electron chi connectivity index (χ4n) is 1.19. The molecule has 2 rings (SSSR count). The quantitative estimate of drug-likeness (QED) is 0.773. The number of fused-ring (bicyclic) bond motifs is 1. The zero-order valence-electron chi connectivity index (χ0n) is 9.09. The van der Waals surface area contributed by atoms with Crippen LogP contribution < -0.4 is 5.32 Å². The van der Waals surface area contributed by atoms with Gasteiger partial charge in [0.25, 0.3) is 0 Å². The van der Waals surface area contributed by atoms with Crippen molar-refractivity contribution in [3.05, 3.63) is 23.8 Å². The van der Waals surface area contributed by atoms with E-state index in [2.05, 4.69) is 35.4 Å². The third-order valence-corrected chi connectivity index (χ3v) is 2.87. The van der Waals surface area contributed by atoms with Gasteiger partial charge in [-0.3, -0.25) is 0 Å². The van der Waals surface area contributed by atoms with Gasteiger partial charge in [0.1, 0.15) is 0 Å². The molecule has 2 aromatic rings. The molecule has 0 bridgehead atoms. The molecule has 1 aromatic heterocycles. The first-order chi connectivity index (χ1) is 6.81. The van der Waals surface area contributed by atoms with Gasteiger partial charge in [-0.15, -0.1) is 0 Å². The minimum absolute atomic E-state index is 0.985. The molecule has 1 N–H and O–H groups in total. The average molecular weight is 208 g/mol. The van der Waals surface area contributed by atoms with Crippen molar-refractivity contribution in [1.29, 1.82) is 0 Å². The summed E-state index contributed by atoms with van der Waals surface area (Å²) in [6.45, 7) is 6.08. The number of nitrogens with zero attached hydrogens (tertiary/aromatic N) is 1. The molecule has 0 saturated heterocycles. The number of aromatic nitrogens is 1. The minimum atomic E-state index is 0.985. The van der Waals surface area contributed by atoms with E-state index in [1.807, 2.05) is 20.9 Å². The van der Waals surface area contributed by atoms with E-state index in [0.717, 1.165) is 10.6 Å². The van der Waals surface area contributed by atoms with E-state index in [4.69, 9.17) is 0 Å². The Morgan fingerprint density at radius 2 is 2.00 bits per heavy atom. The van der Waals surface area contributed by atoms with Gasteiger partial charge in [0.15, 0.2) is 5.13 Å². The molecule has 1 aromatic carbocycles. The molecule has 1 heterocycles. The molecule has 0 aliphatic heterocycles. The van der Waals surface area contributed by atoms with Crippen LogP contribution in [0.5, 0.6) is 0 Å². The van der Waals surface area contributed by atoms with E-state index in [1.165, 1.54) is 10.3 Å². The van der Waals surface area contributed by atoms with Crippen molar-refractivity contribution in [2.75, 3.05) is 12.4 Å². The predicted molar refractivity (Wildman–Crippen MR) is 65.3 cm³/mol. The second kappa shape index (κ2) is 4.96. The van der Waals surface area contributed by atoms with E-state index < -0.39 is 0 Å². The van der Waals surface area contributed by atoms with Gasteiger partial charge in [0.05, 0.1) is 10.2 Å². The summed E-state index contributed by atoms with van der Waals surface area (Å²) in [7, 11) is 1.90. The lowest BCUT2D eigenvalue weighted by Gasteiger charge is -1.90. The van der Waals surface area contributed by atoms with Crippen LogP contribution in [0.3, 0.4) is 0 Å². The van der Waals surface area contributed by atoms with Gasteiger partial charge in [-0.05, 0) is 18.6 Å². The molecule has 0 saturated carbocycles. The van der Waals surface area contributed by atoms with E-state index in [-0.39, 0.29) is 0 Å². The van der Waals surface area contributed by atoms with Crippen molar-refractivity contribution in [2.24, 2.45) is 0 Å². The van der Waals surface area contributed by atoms with Gasteiger partial charge in [-0.1, -0.05) is 37.3 Å². The topological polar surface area (TPSA) is 24.9 Å². The van der Waals surface area contributed by atoms with Crippen molar-refractivity contribution < 1.29 is 0 Å². The monoisotopic (exact) mass is 208 g/mol. The van der Waals surface area contributed by atoms with Gasteiger partial charge in [-0.2, -0.15) is 0 Å². The molecular formula is C11H16N2S. The Labute approximate surface area is 89.0 Å². The molecule has 0 radical (unpaired) electrons. The highest BCUT2D eigenvalue weighted by molar-refractivity contribution is 7.22. The van der Waals surface area contributed by atoms with E-state index in [1.54, 1.807) is 11.3 Å². The maximum atomic E-state index is 4.44. The molecule has 76 valence electrons. The Morgan fingerprint density at radius 3 is 2.57 bits per heavy atom. The number of nitrogens with one attached hydrogen (secondary N) is 1. The number of hydrogen-bond acceptors (Lipinski definition) is 3. The SMILES string of the molecule is CC.CNc1nc2c(C)cccc2s1. The van der Waals surface area contributed by atoms with Gasteiger partial charge >= 0.3 is 0 Å². The summed E-state index contributed by atoms with van der Waals surface area (Å²) < 4.78 is 1.25. The first-order valence-corrected chi connectivity index (χ1v) is 5.67. The van der Waals surface area contributed by atoms with E-state index >= 15 is 0 Å². The molecule has 0 aliphatic rings. The third kappa shape index (κ3) is 2.04. The summed E-state index contributed by atoms with van der Waals surface area (Å²) in [5.41, 5.74) is 2.36. The maximum absolute atomic E-state index is 4.44. The van der Waals surface area contributed by atoms with Crippen LogP contribution in [0.1, 0.15) is 19.4 Å². The van der Waals surface area contributed by atoms with Crippen LogP contribution in [0, 0.1) is 6.92 Å². The highest BCUT2D eigenvalue weighted by Gasteiger charge is 2.02. The summed E-state index contributed by atoms with van der Waals surface area (Å²) in [5, 5.41) is 4.04. The van der Waals surface area contributed by atoms with Crippen molar-refractivity contribution in [3.63, 3.8) is 0 Å². The lowest BCUT2D eigenvalue weighted by molar-refractivity contribution is 1.38. The summed E-state index contributed by atoms with van der Waals surface area (Å²) >= 11 is 1.69. The summed E-state index contributed by atoms with van der Waals surface area (Å²) in [6.07, 6.45) is 0. The van der Waals surface area contributed by atoms with Crippen LogP contribution in [0.2, 0.25) is 0 Å². The molecular weight excluding hydrogens is 192 g/mol. The fourth-order valence-corrected chi connectivity index (χ4v) is 2.09. The Hall–Kier alpha value is -1.09. The number of hydrogen-bond donors (Lipinski definition) is 1. The summed E-state index contributed by atoms with van der Waals surface area (Å²) in [6, 6.07) is 6.25. The van der Waals surface area contributed by atoms with Crippen molar-refractivity contribution in [2.45, 2.75) is 20.8 Å². The van der Waals surface area contributed by atoms with Gasteiger partial charge in [0.2, 0.25) is 0 Å². The Bertz CT molecular complexity index is 407. The number of rotatable bonds is 1. The van der Waals surface area contributed by atoms with Crippen molar-refractivity contribution in [1.82, 2.24) is 4.98 Å². The second-order valence-corrected chi connectivity index (χ2v) is 3.72. The van der Waals surface area contributed by atoms with Crippen molar-refractivity contribution in [3.8, 4) is 0 Å². The molecule has 2 nitrogen and oxygen atoms in total. The molecule has 0 unspecified atom stereocenters. The van der Waals surface area contributed by atoms with Gasteiger partial charge < -0.3 is 5.32 Å². The lowest BCUT2D eigenvalue weighted by Crippen LogP contribution is -1.84. The Morgan fingerprint density at radius 1 is 1.29 bits per heavy atom. The zero-order chi connectivity index (χ0) is 10.6. The largest absolute Gasteiger partial charge is 0.365 e. The zero-order valence-corrected chi connectivity index (χ0v) is 9.90. The Kier molecular flexibility index (Phi) is 3.89. The number of anilines is 1. The maximum Gasteiger partial charge on any atom is 0.183 e. The van der Waals surface area contributed by atoms with Crippen LogP contribution in [0.4, 0.5) is 5.13 Å². The van der Waals surface area contributed by atoms with Crippen LogP contribution in [0.25, 0.3) is 10.2 Å². The van der Waals surface area contributed by atoms with E-state index in [0.29, 0.717) is 0 Å². The first kappa shape index (κ1) is 11.0. The summed E-state index contributed by atoms with van der Waals surface area (Å²) in [5.74, 6) is 0. The molecule has 3 heteroatoms. The highest BCUT2D eigenvalue weighted by atomic mass is 32.1. The smallest absolute Gasteiger partial charge is 0.183 e. The molecule has 0 spiro atoms. The van der Waals surface area contributed by atoms with E-state index in [9.17, 15) is 0 Å². The highest BCUT2D eigenvalue weighted by Crippen LogP contribution is 2.27. The molecule has 0 aliphatic carbocycles. The molecule has 0 fully saturated rings. The van der Waals surface area contributed by atoms with Crippen LogP contribution in [-0.2, 0) is 0 Å². The molecule has 14 heavy (non-hydrogen) atoms. The number of benzene rings is 1. The molecule has 0 atom stereocenters. The number of thiazole rings is 1.